The van der Waals surface area contributed by atoms with E-state index in [0.717, 1.165) is 12.1 Å². The molecule has 0 bridgehead atoms. The number of Topliss-reactive ketones (excluding diaryl/α,β-unsaturated/α-hetero) is 1. The van der Waals surface area contributed by atoms with Gasteiger partial charge < -0.3 is 4.74 Å². The standard InChI is InChI=1S/C18H30N6O2/c1-17(2,3)11-14-12-23(21-19-14)7-9-26-10-8-24-13-15(20-22-24)16(25)18(4,5)6/h12-13H,7-11H2,1-6H3. The molecule has 2 rings (SSSR count). The molecule has 8 heteroatoms. The molecule has 0 unspecified atom stereocenters. The predicted molar refractivity (Wildman–Crippen MR) is 97.8 cm³/mol. The average Bonchev–Trinajstić information content (AvgIpc) is 3.13. The SMILES string of the molecule is CC(C)(C)Cc1cn(CCOCCn2cc(C(=O)C(C)(C)C)nn2)nn1. The minimum Gasteiger partial charge on any atom is -0.378 e. The molecule has 0 spiro atoms. The smallest absolute Gasteiger partial charge is 0.190 e. The van der Waals surface area contributed by atoms with E-state index >= 15 is 0 Å². The molecule has 8 nitrogen and oxygen atoms in total. The first kappa shape index (κ1) is 20.2. The quantitative estimate of drug-likeness (QED) is 0.529. The monoisotopic (exact) mass is 362 g/mol. The highest BCUT2D eigenvalue weighted by Gasteiger charge is 2.25. The van der Waals surface area contributed by atoms with E-state index in [0.29, 0.717) is 32.0 Å². The summed E-state index contributed by atoms with van der Waals surface area (Å²) < 4.78 is 9.06. The van der Waals surface area contributed by atoms with Gasteiger partial charge in [-0.1, -0.05) is 52.0 Å². The van der Waals surface area contributed by atoms with Crippen molar-refractivity contribution in [3.8, 4) is 0 Å². The summed E-state index contributed by atoms with van der Waals surface area (Å²) in [7, 11) is 0. The Hall–Kier alpha value is -2.09. The lowest BCUT2D eigenvalue weighted by atomic mass is 9.89. The number of rotatable bonds is 8. The number of aromatic nitrogens is 6. The first-order chi connectivity index (χ1) is 12.0. The van der Waals surface area contributed by atoms with Crippen LogP contribution in [-0.4, -0.2) is 49.0 Å². The molecule has 0 saturated heterocycles. The molecule has 2 aromatic rings. The van der Waals surface area contributed by atoms with Gasteiger partial charge in [0.25, 0.3) is 0 Å². The number of carbonyl (C=O) groups is 1. The maximum atomic E-state index is 12.1. The van der Waals surface area contributed by atoms with Crippen molar-refractivity contribution in [1.29, 1.82) is 0 Å². The Kier molecular flexibility index (Phi) is 6.28. The summed E-state index contributed by atoms with van der Waals surface area (Å²) in [5, 5.41) is 16.2. The van der Waals surface area contributed by atoms with E-state index in [-0.39, 0.29) is 11.2 Å². The van der Waals surface area contributed by atoms with Gasteiger partial charge in [-0.3, -0.25) is 4.79 Å². The number of hydrogen-bond acceptors (Lipinski definition) is 6. The van der Waals surface area contributed by atoms with Crippen LogP contribution in [-0.2, 0) is 24.2 Å². The molecule has 0 amide bonds. The predicted octanol–water partition coefficient (Wildman–Crippen LogP) is 2.40. The Bertz CT molecular complexity index is 721. The van der Waals surface area contributed by atoms with Gasteiger partial charge in [0.15, 0.2) is 5.78 Å². The van der Waals surface area contributed by atoms with Crippen molar-refractivity contribution in [2.45, 2.75) is 61.1 Å². The van der Waals surface area contributed by atoms with Gasteiger partial charge in [-0.15, -0.1) is 10.2 Å². The van der Waals surface area contributed by atoms with Crippen LogP contribution in [0.15, 0.2) is 12.4 Å². The lowest BCUT2D eigenvalue weighted by molar-refractivity contribution is 0.0852. The average molecular weight is 362 g/mol. The van der Waals surface area contributed by atoms with Crippen LogP contribution in [0.3, 0.4) is 0 Å². The van der Waals surface area contributed by atoms with Crippen LogP contribution in [0.1, 0.15) is 57.7 Å². The summed E-state index contributed by atoms with van der Waals surface area (Å²) in [5.41, 5.74) is 1.13. The third kappa shape index (κ3) is 6.33. The van der Waals surface area contributed by atoms with Crippen molar-refractivity contribution in [2.24, 2.45) is 10.8 Å². The van der Waals surface area contributed by atoms with Gasteiger partial charge in [0.2, 0.25) is 0 Å². The third-order valence-electron chi connectivity index (χ3n) is 3.68. The van der Waals surface area contributed by atoms with Crippen LogP contribution in [0.25, 0.3) is 0 Å². The molecule has 0 aliphatic rings. The van der Waals surface area contributed by atoms with Gasteiger partial charge in [0, 0.05) is 11.6 Å². The van der Waals surface area contributed by atoms with Crippen LogP contribution in [0.2, 0.25) is 0 Å². The lowest BCUT2D eigenvalue weighted by Crippen LogP contribution is -2.20. The molecular weight excluding hydrogens is 332 g/mol. The number of hydrogen-bond donors (Lipinski definition) is 0. The normalized spacial score (nSPS) is 12.5. The van der Waals surface area contributed by atoms with E-state index in [2.05, 4.69) is 41.4 Å². The molecule has 0 radical (unpaired) electrons. The van der Waals surface area contributed by atoms with E-state index in [1.54, 1.807) is 15.6 Å². The fourth-order valence-corrected chi connectivity index (χ4v) is 2.39. The van der Waals surface area contributed by atoms with E-state index in [1.807, 2.05) is 27.0 Å². The summed E-state index contributed by atoms with van der Waals surface area (Å²) >= 11 is 0. The van der Waals surface area contributed by atoms with Crippen molar-refractivity contribution < 1.29 is 9.53 Å². The maximum Gasteiger partial charge on any atom is 0.190 e. The highest BCUT2D eigenvalue weighted by Crippen LogP contribution is 2.19. The van der Waals surface area contributed by atoms with Crippen LogP contribution in [0.4, 0.5) is 0 Å². The molecule has 0 aliphatic carbocycles. The molecule has 2 heterocycles. The summed E-state index contributed by atoms with van der Waals surface area (Å²) in [4.78, 5) is 12.1. The highest BCUT2D eigenvalue weighted by atomic mass is 16.5. The van der Waals surface area contributed by atoms with Crippen molar-refractivity contribution in [3.63, 3.8) is 0 Å². The fraction of sp³-hybridized carbons (Fsp3) is 0.722. The molecule has 0 atom stereocenters. The maximum absolute atomic E-state index is 12.1. The van der Waals surface area contributed by atoms with Crippen molar-refractivity contribution in [1.82, 2.24) is 30.0 Å². The fourth-order valence-electron chi connectivity index (χ4n) is 2.39. The second kappa shape index (κ2) is 8.07. The number of ether oxygens (including phenoxy) is 1. The third-order valence-corrected chi connectivity index (χ3v) is 3.68. The zero-order valence-electron chi connectivity index (χ0n) is 16.7. The van der Waals surface area contributed by atoms with Gasteiger partial charge >= 0.3 is 0 Å². The topological polar surface area (TPSA) is 87.7 Å². The van der Waals surface area contributed by atoms with E-state index in [4.69, 9.17) is 4.74 Å². The Balaban J connectivity index is 1.70. The Morgan fingerprint density at radius 1 is 0.962 bits per heavy atom. The Morgan fingerprint density at radius 2 is 1.54 bits per heavy atom. The largest absolute Gasteiger partial charge is 0.378 e. The number of carbonyl (C=O) groups excluding carboxylic acids is 1. The van der Waals surface area contributed by atoms with Gasteiger partial charge in [0.05, 0.1) is 38.2 Å². The van der Waals surface area contributed by atoms with Crippen LogP contribution >= 0.6 is 0 Å². The molecular formula is C18H30N6O2. The number of ketones is 1. The molecule has 0 aliphatic heterocycles. The first-order valence-corrected chi connectivity index (χ1v) is 8.96. The van der Waals surface area contributed by atoms with E-state index in [1.165, 1.54) is 0 Å². The summed E-state index contributed by atoms with van der Waals surface area (Å²) in [6.07, 6.45) is 4.54. The van der Waals surface area contributed by atoms with Gasteiger partial charge in [-0.2, -0.15) is 0 Å². The molecule has 0 N–H and O–H groups in total. The van der Waals surface area contributed by atoms with Crippen LogP contribution in [0, 0.1) is 10.8 Å². The van der Waals surface area contributed by atoms with Crippen molar-refractivity contribution >= 4 is 5.78 Å². The molecule has 0 saturated carbocycles. The summed E-state index contributed by atoms with van der Waals surface area (Å²) in [6, 6.07) is 0. The van der Waals surface area contributed by atoms with Gasteiger partial charge in [0.1, 0.15) is 5.69 Å². The molecule has 2 aromatic heterocycles. The molecule has 144 valence electrons. The van der Waals surface area contributed by atoms with Crippen molar-refractivity contribution in [2.75, 3.05) is 13.2 Å². The van der Waals surface area contributed by atoms with Gasteiger partial charge in [-0.25, -0.2) is 9.36 Å². The first-order valence-electron chi connectivity index (χ1n) is 8.96. The highest BCUT2D eigenvalue weighted by molar-refractivity contribution is 5.97. The van der Waals surface area contributed by atoms with E-state index in [9.17, 15) is 4.79 Å². The van der Waals surface area contributed by atoms with Crippen LogP contribution < -0.4 is 0 Å². The van der Waals surface area contributed by atoms with Crippen molar-refractivity contribution in [3.05, 3.63) is 23.8 Å². The minimum atomic E-state index is -0.457. The molecule has 26 heavy (non-hydrogen) atoms. The lowest BCUT2D eigenvalue weighted by Gasteiger charge is -2.15. The molecule has 0 fully saturated rings. The summed E-state index contributed by atoms with van der Waals surface area (Å²) in [6.45, 7) is 14.4. The summed E-state index contributed by atoms with van der Waals surface area (Å²) in [5.74, 6) is -0.0121. The minimum absolute atomic E-state index is 0.0121. The zero-order chi connectivity index (χ0) is 19.4. The zero-order valence-corrected chi connectivity index (χ0v) is 16.7. The van der Waals surface area contributed by atoms with Gasteiger partial charge in [-0.05, 0) is 11.8 Å². The second-order valence-corrected chi connectivity index (χ2v) is 8.77. The molecule has 0 aromatic carbocycles. The number of nitrogens with zero attached hydrogens (tertiary/aromatic N) is 6. The Morgan fingerprint density at radius 3 is 2.12 bits per heavy atom. The van der Waals surface area contributed by atoms with E-state index < -0.39 is 5.41 Å². The Labute approximate surface area is 154 Å². The second-order valence-electron chi connectivity index (χ2n) is 8.77. The van der Waals surface area contributed by atoms with Crippen LogP contribution in [0.5, 0.6) is 0 Å².